The average molecular weight is 358 g/mol. The minimum Gasteiger partial charge on any atom is -0.463 e. The molecule has 1 saturated carbocycles. The van der Waals surface area contributed by atoms with Crippen LogP contribution in [0.5, 0.6) is 0 Å². The first-order valence-corrected chi connectivity index (χ1v) is 9.22. The molecule has 0 saturated heterocycles. The van der Waals surface area contributed by atoms with Gasteiger partial charge in [-0.25, -0.2) is 9.67 Å². The van der Waals surface area contributed by atoms with Crippen LogP contribution in [-0.2, 0) is 9.53 Å². The van der Waals surface area contributed by atoms with Crippen molar-refractivity contribution in [3.63, 3.8) is 0 Å². The second-order valence-corrected chi connectivity index (χ2v) is 7.33. The van der Waals surface area contributed by atoms with Crippen molar-refractivity contribution in [3.8, 4) is 0 Å². The van der Waals surface area contributed by atoms with Crippen LogP contribution in [0.25, 0.3) is 11.0 Å². The van der Waals surface area contributed by atoms with Gasteiger partial charge < -0.3 is 10.1 Å². The maximum atomic E-state index is 12.7. The summed E-state index contributed by atoms with van der Waals surface area (Å²) in [5.74, 6) is -0.0890. The molecule has 7 nitrogen and oxygen atoms in total. The standard InChI is InChI=1S/C19H26N4O3/c1-11(2)23-18-15(10-21-23)14(9-16(22-18)13-5-6-13)19(25)20-8-7-17(24)26-12(3)4/h9-13H,5-8H2,1-4H3,(H,20,25). The first kappa shape index (κ1) is 18.4. The molecule has 1 N–H and O–H groups in total. The van der Waals surface area contributed by atoms with Gasteiger partial charge in [0.2, 0.25) is 0 Å². The summed E-state index contributed by atoms with van der Waals surface area (Å²) in [6.45, 7) is 7.92. The Morgan fingerprint density at radius 1 is 1.31 bits per heavy atom. The number of carbonyl (C=O) groups excluding carboxylic acids is 2. The third-order valence-electron chi connectivity index (χ3n) is 4.30. The lowest BCUT2D eigenvalue weighted by atomic mass is 10.1. The summed E-state index contributed by atoms with van der Waals surface area (Å²) < 4.78 is 6.93. The minimum absolute atomic E-state index is 0.152. The van der Waals surface area contributed by atoms with E-state index in [1.165, 1.54) is 0 Å². The zero-order valence-corrected chi connectivity index (χ0v) is 15.8. The molecule has 2 heterocycles. The van der Waals surface area contributed by atoms with Gasteiger partial charge in [0.05, 0.1) is 29.7 Å². The summed E-state index contributed by atoms with van der Waals surface area (Å²) in [5, 5.41) is 7.96. The van der Waals surface area contributed by atoms with E-state index in [-0.39, 0.29) is 37.0 Å². The summed E-state index contributed by atoms with van der Waals surface area (Å²) in [7, 11) is 0. The van der Waals surface area contributed by atoms with E-state index in [1.807, 2.05) is 24.6 Å². The van der Waals surface area contributed by atoms with Crippen LogP contribution < -0.4 is 5.32 Å². The van der Waals surface area contributed by atoms with Crippen LogP contribution in [0, 0.1) is 0 Å². The number of nitrogens with zero attached hydrogens (tertiary/aromatic N) is 3. The number of pyridine rings is 1. The van der Waals surface area contributed by atoms with Gasteiger partial charge in [-0.15, -0.1) is 0 Å². The molecule has 0 unspecified atom stereocenters. The van der Waals surface area contributed by atoms with E-state index in [1.54, 1.807) is 20.0 Å². The number of amides is 1. The second-order valence-electron chi connectivity index (χ2n) is 7.33. The molecule has 26 heavy (non-hydrogen) atoms. The molecular formula is C19H26N4O3. The van der Waals surface area contributed by atoms with Gasteiger partial charge in [0.25, 0.3) is 5.91 Å². The lowest BCUT2D eigenvalue weighted by Gasteiger charge is -2.11. The van der Waals surface area contributed by atoms with Crippen LogP contribution in [0.2, 0.25) is 0 Å². The monoisotopic (exact) mass is 358 g/mol. The quantitative estimate of drug-likeness (QED) is 0.769. The fraction of sp³-hybridized carbons (Fsp3) is 0.579. The van der Waals surface area contributed by atoms with Crippen LogP contribution >= 0.6 is 0 Å². The van der Waals surface area contributed by atoms with Gasteiger partial charge in [-0.05, 0) is 46.6 Å². The molecule has 1 fully saturated rings. The van der Waals surface area contributed by atoms with Crippen molar-refractivity contribution in [3.05, 3.63) is 23.5 Å². The van der Waals surface area contributed by atoms with Gasteiger partial charge in [0.1, 0.15) is 0 Å². The Labute approximate surface area is 153 Å². The predicted molar refractivity (Wildman–Crippen MR) is 98.1 cm³/mol. The van der Waals surface area contributed by atoms with Gasteiger partial charge in [0.15, 0.2) is 5.65 Å². The van der Waals surface area contributed by atoms with E-state index in [2.05, 4.69) is 10.4 Å². The number of carbonyl (C=O) groups is 2. The highest BCUT2D eigenvalue weighted by Crippen LogP contribution is 2.40. The largest absolute Gasteiger partial charge is 0.463 e. The maximum absolute atomic E-state index is 12.7. The lowest BCUT2D eigenvalue weighted by molar-refractivity contribution is -0.147. The molecule has 0 radical (unpaired) electrons. The maximum Gasteiger partial charge on any atom is 0.307 e. The Morgan fingerprint density at radius 2 is 2.04 bits per heavy atom. The van der Waals surface area contributed by atoms with Crippen molar-refractivity contribution in [1.29, 1.82) is 0 Å². The summed E-state index contributed by atoms with van der Waals surface area (Å²) in [5.41, 5.74) is 2.26. The highest BCUT2D eigenvalue weighted by Gasteiger charge is 2.28. The SMILES string of the molecule is CC(C)OC(=O)CCNC(=O)c1cc(C2CC2)nc2c1cnn2C(C)C. The summed E-state index contributed by atoms with van der Waals surface area (Å²) in [6.07, 6.45) is 3.91. The molecule has 1 aliphatic rings. The predicted octanol–water partition coefficient (Wildman–Crippen LogP) is 2.96. The fourth-order valence-electron chi connectivity index (χ4n) is 2.89. The van der Waals surface area contributed by atoms with Crippen molar-refractivity contribution in [2.24, 2.45) is 0 Å². The number of hydrogen-bond acceptors (Lipinski definition) is 5. The number of fused-ring (bicyclic) bond motifs is 1. The van der Waals surface area contributed by atoms with E-state index in [4.69, 9.17) is 9.72 Å². The molecule has 2 aromatic heterocycles. The minimum atomic E-state index is -0.313. The Morgan fingerprint density at radius 3 is 2.65 bits per heavy atom. The Hall–Kier alpha value is -2.44. The molecule has 1 aliphatic carbocycles. The summed E-state index contributed by atoms with van der Waals surface area (Å²) in [6, 6.07) is 2.03. The number of rotatable bonds is 7. The molecule has 0 spiro atoms. The number of esters is 1. The van der Waals surface area contributed by atoms with Crippen LogP contribution in [0.15, 0.2) is 12.3 Å². The Kier molecular flexibility index (Phi) is 5.25. The summed E-state index contributed by atoms with van der Waals surface area (Å²) in [4.78, 5) is 29.1. The molecule has 140 valence electrons. The molecule has 0 bridgehead atoms. The molecule has 0 aromatic carbocycles. The lowest BCUT2D eigenvalue weighted by Crippen LogP contribution is -2.27. The molecule has 1 amide bonds. The van der Waals surface area contributed by atoms with Crippen molar-refractivity contribution in [2.45, 2.75) is 65.0 Å². The van der Waals surface area contributed by atoms with Gasteiger partial charge in [0, 0.05) is 24.2 Å². The van der Waals surface area contributed by atoms with Crippen LogP contribution in [-0.4, -0.2) is 39.3 Å². The number of hydrogen-bond donors (Lipinski definition) is 1. The van der Waals surface area contributed by atoms with Gasteiger partial charge in [-0.2, -0.15) is 5.10 Å². The van der Waals surface area contributed by atoms with E-state index in [9.17, 15) is 9.59 Å². The zero-order valence-electron chi connectivity index (χ0n) is 15.8. The molecule has 3 rings (SSSR count). The first-order valence-electron chi connectivity index (χ1n) is 9.22. The first-order chi connectivity index (χ1) is 12.4. The highest BCUT2D eigenvalue weighted by atomic mass is 16.5. The van der Waals surface area contributed by atoms with Crippen molar-refractivity contribution < 1.29 is 14.3 Å². The topological polar surface area (TPSA) is 86.1 Å². The van der Waals surface area contributed by atoms with Gasteiger partial charge in [-0.3, -0.25) is 9.59 Å². The average Bonchev–Trinajstić information content (AvgIpc) is 3.32. The Bertz CT molecular complexity index is 822. The Balaban J connectivity index is 1.79. The molecule has 7 heteroatoms. The van der Waals surface area contributed by atoms with Crippen LogP contribution in [0.4, 0.5) is 0 Å². The molecular weight excluding hydrogens is 332 g/mol. The summed E-state index contributed by atoms with van der Waals surface area (Å²) >= 11 is 0. The van der Waals surface area contributed by atoms with E-state index in [0.717, 1.165) is 29.6 Å². The van der Waals surface area contributed by atoms with E-state index < -0.39 is 0 Å². The highest BCUT2D eigenvalue weighted by molar-refractivity contribution is 6.05. The van der Waals surface area contributed by atoms with Crippen molar-refractivity contribution in [2.75, 3.05) is 6.54 Å². The van der Waals surface area contributed by atoms with Gasteiger partial charge >= 0.3 is 5.97 Å². The van der Waals surface area contributed by atoms with E-state index in [0.29, 0.717) is 11.5 Å². The third-order valence-corrected chi connectivity index (χ3v) is 4.30. The van der Waals surface area contributed by atoms with E-state index >= 15 is 0 Å². The smallest absolute Gasteiger partial charge is 0.307 e. The molecule has 2 aromatic rings. The van der Waals surface area contributed by atoms with Crippen LogP contribution in [0.1, 0.15) is 75.0 Å². The second kappa shape index (κ2) is 7.43. The molecule has 0 aliphatic heterocycles. The number of aromatic nitrogens is 3. The third kappa shape index (κ3) is 4.03. The molecule has 0 atom stereocenters. The van der Waals surface area contributed by atoms with Crippen molar-refractivity contribution >= 4 is 22.9 Å². The van der Waals surface area contributed by atoms with Crippen molar-refractivity contribution in [1.82, 2.24) is 20.1 Å². The van der Waals surface area contributed by atoms with Crippen LogP contribution in [0.3, 0.4) is 0 Å². The zero-order chi connectivity index (χ0) is 18.8. The number of ether oxygens (including phenoxy) is 1. The fourth-order valence-corrected chi connectivity index (χ4v) is 2.89. The number of nitrogens with one attached hydrogen (secondary N) is 1. The normalized spacial score (nSPS) is 14.2. The van der Waals surface area contributed by atoms with Gasteiger partial charge in [-0.1, -0.05) is 0 Å².